The van der Waals surface area contributed by atoms with Gasteiger partial charge in [-0.1, -0.05) is 11.3 Å². The highest BCUT2D eigenvalue weighted by Crippen LogP contribution is 2.42. The van der Waals surface area contributed by atoms with Crippen molar-refractivity contribution in [2.45, 2.75) is 45.3 Å². The summed E-state index contributed by atoms with van der Waals surface area (Å²) in [5.41, 5.74) is 5.25. The standard InChI is InChI=1S/C29H31FN6O2/c1-17-27(35(4)34-33-17)19-7-8-21-23(14-19)36(24-15-20(29(2,3)37)16-32-25(21)24)28(18-9-12-38-13-10-18)26-22(30)6-5-11-31-26/h5-8,11,14-16,18,28,37H,9-10,12-13H2,1-4H3/t28-/m0/s1. The zero-order chi connectivity index (χ0) is 26.6. The summed E-state index contributed by atoms with van der Waals surface area (Å²) in [5, 5.41) is 20.2. The molecule has 0 unspecified atom stereocenters. The van der Waals surface area contributed by atoms with Crippen LogP contribution in [0.5, 0.6) is 0 Å². The van der Waals surface area contributed by atoms with E-state index in [1.54, 1.807) is 37.0 Å². The predicted octanol–water partition coefficient (Wildman–Crippen LogP) is 5.07. The minimum atomic E-state index is -1.09. The molecule has 0 saturated carbocycles. The van der Waals surface area contributed by atoms with E-state index in [1.807, 2.05) is 26.1 Å². The van der Waals surface area contributed by atoms with Crippen molar-refractivity contribution in [1.29, 1.82) is 0 Å². The van der Waals surface area contributed by atoms with Crippen molar-refractivity contribution >= 4 is 21.9 Å². The number of ether oxygens (including phenoxy) is 1. The second-order valence-electron chi connectivity index (χ2n) is 10.7. The first-order valence-corrected chi connectivity index (χ1v) is 13.0. The van der Waals surface area contributed by atoms with E-state index in [0.29, 0.717) is 24.5 Å². The van der Waals surface area contributed by atoms with Crippen molar-refractivity contribution < 1.29 is 14.2 Å². The molecule has 1 atom stereocenters. The molecule has 1 saturated heterocycles. The topological polar surface area (TPSA) is 90.9 Å². The lowest BCUT2D eigenvalue weighted by Gasteiger charge is -2.32. The van der Waals surface area contributed by atoms with E-state index >= 15 is 4.39 Å². The van der Waals surface area contributed by atoms with Gasteiger partial charge in [0.1, 0.15) is 5.82 Å². The van der Waals surface area contributed by atoms with Crippen LogP contribution in [-0.2, 0) is 17.4 Å². The lowest BCUT2D eigenvalue weighted by molar-refractivity contribution is 0.0542. The van der Waals surface area contributed by atoms with Gasteiger partial charge in [0, 0.05) is 49.2 Å². The first-order valence-electron chi connectivity index (χ1n) is 13.0. The molecule has 0 amide bonds. The quantitative estimate of drug-likeness (QED) is 0.352. The van der Waals surface area contributed by atoms with Crippen LogP contribution in [0.25, 0.3) is 33.2 Å². The van der Waals surface area contributed by atoms with Crippen LogP contribution < -0.4 is 0 Å². The van der Waals surface area contributed by atoms with Crippen LogP contribution in [-0.4, -0.2) is 47.8 Å². The van der Waals surface area contributed by atoms with Gasteiger partial charge in [0.25, 0.3) is 0 Å². The molecular formula is C29H31FN6O2. The lowest BCUT2D eigenvalue weighted by Crippen LogP contribution is -2.28. The normalized spacial score (nSPS) is 15.9. The summed E-state index contributed by atoms with van der Waals surface area (Å²) in [6.45, 7) is 6.66. The summed E-state index contributed by atoms with van der Waals surface area (Å²) in [7, 11) is 1.88. The fourth-order valence-corrected chi connectivity index (χ4v) is 5.75. The Balaban J connectivity index is 1.71. The first-order chi connectivity index (χ1) is 18.2. The maximum atomic E-state index is 15.5. The third kappa shape index (κ3) is 4.06. The molecule has 1 aromatic carbocycles. The Morgan fingerprint density at radius 2 is 1.89 bits per heavy atom. The van der Waals surface area contributed by atoms with Crippen molar-refractivity contribution in [3.63, 3.8) is 0 Å². The van der Waals surface area contributed by atoms with Crippen molar-refractivity contribution in [3.8, 4) is 11.3 Å². The van der Waals surface area contributed by atoms with Crippen LogP contribution in [0.2, 0.25) is 0 Å². The molecule has 4 aromatic heterocycles. The molecule has 0 aliphatic carbocycles. The van der Waals surface area contributed by atoms with Crippen LogP contribution in [0, 0.1) is 18.7 Å². The third-order valence-corrected chi connectivity index (χ3v) is 7.67. The SMILES string of the molecule is Cc1nnn(C)c1-c1ccc2c3ncc(C(C)(C)O)cc3n([C@H](c3ncccc3F)C3CCOCC3)c2c1. The molecule has 1 aliphatic heterocycles. The zero-order valence-electron chi connectivity index (χ0n) is 22.0. The van der Waals surface area contributed by atoms with Gasteiger partial charge in [0.2, 0.25) is 0 Å². The molecule has 196 valence electrons. The van der Waals surface area contributed by atoms with Crippen LogP contribution >= 0.6 is 0 Å². The van der Waals surface area contributed by atoms with Crippen LogP contribution in [0.4, 0.5) is 4.39 Å². The van der Waals surface area contributed by atoms with Crippen LogP contribution in [0.1, 0.15) is 49.7 Å². The summed E-state index contributed by atoms with van der Waals surface area (Å²) in [4.78, 5) is 9.38. The molecule has 6 rings (SSSR count). The maximum absolute atomic E-state index is 15.5. The summed E-state index contributed by atoms with van der Waals surface area (Å²) in [5.74, 6) is -0.241. The minimum absolute atomic E-state index is 0.0986. The van der Waals surface area contributed by atoms with Gasteiger partial charge in [-0.25, -0.2) is 9.07 Å². The molecule has 0 radical (unpaired) electrons. The molecule has 8 nitrogen and oxygen atoms in total. The average Bonchev–Trinajstić information content (AvgIpc) is 3.41. The smallest absolute Gasteiger partial charge is 0.146 e. The number of aryl methyl sites for hydroxylation is 2. The lowest BCUT2D eigenvalue weighted by atomic mass is 9.88. The van der Waals surface area contributed by atoms with Gasteiger partial charge in [-0.2, -0.15) is 0 Å². The first kappa shape index (κ1) is 24.6. The number of rotatable bonds is 5. The molecular weight excluding hydrogens is 483 g/mol. The van der Waals surface area contributed by atoms with Crippen molar-refractivity contribution in [2.24, 2.45) is 13.0 Å². The number of hydrogen-bond donors (Lipinski definition) is 1. The van der Waals surface area contributed by atoms with Crippen LogP contribution in [0.3, 0.4) is 0 Å². The Morgan fingerprint density at radius 1 is 1.11 bits per heavy atom. The van der Waals surface area contributed by atoms with E-state index in [4.69, 9.17) is 9.72 Å². The van der Waals surface area contributed by atoms with Gasteiger partial charge >= 0.3 is 0 Å². The fraction of sp³-hybridized carbons (Fsp3) is 0.379. The van der Waals surface area contributed by atoms with Gasteiger partial charge in [0.05, 0.1) is 45.3 Å². The van der Waals surface area contributed by atoms with E-state index in [-0.39, 0.29) is 17.8 Å². The van der Waals surface area contributed by atoms with E-state index in [9.17, 15) is 5.11 Å². The monoisotopic (exact) mass is 514 g/mol. The Morgan fingerprint density at radius 3 is 2.58 bits per heavy atom. The molecule has 1 N–H and O–H groups in total. The summed E-state index contributed by atoms with van der Waals surface area (Å²) >= 11 is 0. The third-order valence-electron chi connectivity index (χ3n) is 7.67. The highest BCUT2D eigenvalue weighted by Gasteiger charge is 2.33. The fourth-order valence-electron chi connectivity index (χ4n) is 5.75. The number of benzene rings is 1. The number of aromatic nitrogens is 6. The number of nitrogens with zero attached hydrogens (tertiary/aromatic N) is 6. The van der Waals surface area contributed by atoms with Crippen LogP contribution in [0.15, 0.2) is 48.8 Å². The second-order valence-corrected chi connectivity index (χ2v) is 10.7. The maximum Gasteiger partial charge on any atom is 0.146 e. The van der Waals surface area contributed by atoms with Gasteiger partial charge < -0.3 is 14.4 Å². The molecule has 0 spiro atoms. The number of aliphatic hydroxyl groups is 1. The summed E-state index contributed by atoms with van der Waals surface area (Å²) in [6.07, 6.45) is 4.94. The minimum Gasteiger partial charge on any atom is -0.386 e. The molecule has 5 heterocycles. The van der Waals surface area contributed by atoms with Crippen molar-refractivity contribution in [3.05, 3.63) is 71.6 Å². The molecule has 0 bridgehead atoms. The van der Waals surface area contributed by atoms with Gasteiger partial charge in [-0.05, 0) is 69.9 Å². The van der Waals surface area contributed by atoms with E-state index in [1.165, 1.54) is 6.07 Å². The Hall–Kier alpha value is -3.69. The number of fused-ring (bicyclic) bond motifs is 3. The van der Waals surface area contributed by atoms with E-state index in [2.05, 4.69) is 32.0 Å². The Bertz CT molecular complexity index is 1630. The van der Waals surface area contributed by atoms with Crippen molar-refractivity contribution in [2.75, 3.05) is 13.2 Å². The zero-order valence-corrected chi connectivity index (χ0v) is 22.0. The summed E-state index contributed by atoms with van der Waals surface area (Å²) in [6, 6.07) is 10.9. The second kappa shape index (κ2) is 9.25. The van der Waals surface area contributed by atoms with Gasteiger partial charge in [-0.3, -0.25) is 9.97 Å². The highest BCUT2D eigenvalue weighted by molar-refractivity contribution is 6.07. The van der Waals surface area contributed by atoms with Crippen molar-refractivity contribution in [1.82, 2.24) is 29.5 Å². The predicted molar refractivity (Wildman–Crippen MR) is 143 cm³/mol. The number of hydrogen-bond acceptors (Lipinski definition) is 6. The number of pyridine rings is 2. The van der Waals surface area contributed by atoms with Gasteiger partial charge in [0.15, 0.2) is 0 Å². The molecule has 1 fully saturated rings. The molecule has 9 heteroatoms. The van der Waals surface area contributed by atoms with Gasteiger partial charge in [-0.15, -0.1) is 5.10 Å². The largest absolute Gasteiger partial charge is 0.386 e. The summed E-state index contributed by atoms with van der Waals surface area (Å²) < 4.78 is 25.1. The highest BCUT2D eigenvalue weighted by atomic mass is 19.1. The average molecular weight is 515 g/mol. The Labute approximate surface area is 220 Å². The molecule has 1 aliphatic rings. The molecule has 5 aromatic rings. The Kier molecular flexibility index (Phi) is 6.00. The number of halogens is 1. The van der Waals surface area contributed by atoms with E-state index < -0.39 is 5.60 Å². The molecule has 38 heavy (non-hydrogen) atoms. The van der Waals surface area contributed by atoms with E-state index in [0.717, 1.165) is 51.7 Å².